The Morgan fingerprint density at radius 3 is 2.38 bits per heavy atom. The van der Waals surface area contributed by atoms with Crippen molar-refractivity contribution >= 4 is 29.0 Å². The Labute approximate surface area is 101 Å². The molecule has 0 aromatic rings. The molecule has 6 heteroatoms. The quantitative estimate of drug-likeness (QED) is 0.457. The van der Waals surface area contributed by atoms with Crippen LogP contribution in [-0.4, -0.2) is 29.4 Å². The van der Waals surface area contributed by atoms with Crippen molar-refractivity contribution in [3.8, 4) is 0 Å². The summed E-state index contributed by atoms with van der Waals surface area (Å²) in [5.74, 6) is -1.32. The highest BCUT2D eigenvalue weighted by Crippen LogP contribution is 2.00. The maximum atomic E-state index is 11.4. The van der Waals surface area contributed by atoms with Gasteiger partial charge in [0.15, 0.2) is 0 Å². The van der Waals surface area contributed by atoms with Gasteiger partial charge in [-0.15, -0.1) is 0 Å². The zero-order valence-electron chi connectivity index (χ0n) is 9.71. The van der Waals surface area contributed by atoms with Crippen LogP contribution in [0.3, 0.4) is 0 Å². The van der Waals surface area contributed by atoms with Crippen LogP contribution < -0.4 is 16.4 Å². The fourth-order valence-corrected chi connectivity index (χ4v) is 1.30. The number of hydrogen-bond acceptors (Lipinski definition) is 3. The van der Waals surface area contributed by atoms with Gasteiger partial charge in [0, 0.05) is 6.04 Å². The van der Waals surface area contributed by atoms with Crippen LogP contribution in [0.1, 0.15) is 33.1 Å². The van der Waals surface area contributed by atoms with Crippen molar-refractivity contribution in [2.75, 3.05) is 6.54 Å². The molecule has 1 atom stereocenters. The molecule has 16 heavy (non-hydrogen) atoms. The summed E-state index contributed by atoms with van der Waals surface area (Å²) in [4.78, 5) is 22.8. The monoisotopic (exact) mass is 245 g/mol. The average Bonchev–Trinajstić information content (AvgIpc) is 2.24. The van der Waals surface area contributed by atoms with Gasteiger partial charge >= 0.3 is 11.8 Å². The zero-order chi connectivity index (χ0) is 12.6. The molecule has 0 radical (unpaired) electrons. The lowest BCUT2D eigenvalue weighted by Crippen LogP contribution is -2.46. The molecule has 0 saturated heterocycles. The molecule has 0 aliphatic heterocycles. The highest BCUT2D eigenvalue weighted by molar-refractivity contribution is 7.80. The summed E-state index contributed by atoms with van der Waals surface area (Å²) in [7, 11) is 0. The molecule has 1 unspecified atom stereocenters. The molecule has 0 bridgehead atoms. The molecule has 5 nitrogen and oxygen atoms in total. The van der Waals surface area contributed by atoms with E-state index in [1.807, 2.05) is 13.8 Å². The summed E-state index contributed by atoms with van der Waals surface area (Å²) in [6.07, 6.45) is 2.64. The van der Waals surface area contributed by atoms with Gasteiger partial charge < -0.3 is 16.4 Å². The molecule has 0 aliphatic rings. The van der Waals surface area contributed by atoms with Crippen molar-refractivity contribution in [1.29, 1.82) is 0 Å². The Kier molecular flexibility index (Phi) is 7.45. The molecular formula is C10H19N3O2S. The molecule has 0 heterocycles. The SMILES string of the molecule is CCCC(CC)NC(=O)C(=O)NCC(N)=S. The highest BCUT2D eigenvalue weighted by Gasteiger charge is 2.16. The molecule has 0 aromatic carbocycles. The lowest BCUT2D eigenvalue weighted by Gasteiger charge is -2.15. The zero-order valence-corrected chi connectivity index (χ0v) is 10.5. The maximum absolute atomic E-state index is 11.4. The summed E-state index contributed by atoms with van der Waals surface area (Å²) in [6.45, 7) is 4.04. The minimum Gasteiger partial charge on any atom is -0.392 e. The van der Waals surface area contributed by atoms with Crippen LogP contribution in [0.2, 0.25) is 0 Å². The average molecular weight is 245 g/mol. The number of thiocarbonyl (C=S) groups is 1. The van der Waals surface area contributed by atoms with Crippen molar-refractivity contribution in [3.05, 3.63) is 0 Å². The summed E-state index contributed by atoms with van der Waals surface area (Å²) < 4.78 is 0. The topological polar surface area (TPSA) is 84.2 Å². The van der Waals surface area contributed by atoms with E-state index in [1.165, 1.54) is 0 Å². The van der Waals surface area contributed by atoms with Crippen molar-refractivity contribution in [1.82, 2.24) is 10.6 Å². The summed E-state index contributed by atoms with van der Waals surface area (Å²) in [5.41, 5.74) is 5.20. The second-order valence-electron chi connectivity index (χ2n) is 3.52. The molecule has 4 N–H and O–H groups in total. The van der Waals surface area contributed by atoms with Crippen LogP contribution in [0.5, 0.6) is 0 Å². The first-order valence-corrected chi connectivity index (χ1v) is 5.79. The van der Waals surface area contributed by atoms with E-state index in [0.717, 1.165) is 19.3 Å². The van der Waals surface area contributed by atoms with Crippen molar-refractivity contribution in [2.45, 2.75) is 39.2 Å². The minimum absolute atomic E-state index is 0.0478. The van der Waals surface area contributed by atoms with Crippen LogP contribution in [-0.2, 0) is 9.59 Å². The number of nitrogens with two attached hydrogens (primary N) is 1. The van der Waals surface area contributed by atoms with Crippen LogP contribution in [0.4, 0.5) is 0 Å². The molecule has 0 fully saturated rings. The van der Waals surface area contributed by atoms with Gasteiger partial charge in [0.2, 0.25) is 0 Å². The minimum atomic E-state index is -0.692. The van der Waals surface area contributed by atoms with Gasteiger partial charge in [-0.1, -0.05) is 32.5 Å². The Morgan fingerprint density at radius 2 is 1.94 bits per heavy atom. The lowest BCUT2D eigenvalue weighted by molar-refractivity contribution is -0.139. The second kappa shape index (κ2) is 8.04. The molecule has 0 saturated carbocycles. The molecule has 0 spiro atoms. The third-order valence-corrected chi connectivity index (χ3v) is 2.24. The van der Waals surface area contributed by atoms with E-state index in [2.05, 4.69) is 22.9 Å². The van der Waals surface area contributed by atoms with Gasteiger partial charge in [0.05, 0.1) is 11.5 Å². The number of nitrogens with one attached hydrogen (secondary N) is 2. The fourth-order valence-electron chi connectivity index (χ4n) is 1.23. The standard InChI is InChI=1S/C10H19N3O2S/c1-3-5-7(4-2)13-10(15)9(14)12-6-8(11)16/h7H,3-6H2,1-2H3,(H2,11,16)(H,12,14)(H,13,15). The lowest BCUT2D eigenvalue weighted by atomic mass is 10.1. The smallest absolute Gasteiger partial charge is 0.309 e. The van der Waals surface area contributed by atoms with Gasteiger partial charge in [-0.2, -0.15) is 0 Å². The fraction of sp³-hybridized carbons (Fsp3) is 0.700. The first-order chi connectivity index (χ1) is 7.51. The van der Waals surface area contributed by atoms with Gasteiger partial charge in [-0.25, -0.2) is 0 Å². The first kappa shape index (κ1) is 14.8. The molecular weight excluding hydrogens is 226 g/mol. The van der Waals surface area contributed by atoms with Crippen LogP contribution >= 0.6 is 12.2 Å². The number of rotatable bonds is 6. The second-order valence-corrected chi connectivity index (χ2v) is 4.04. The number of carbonyl (C=O) groups excluding carboxylic acids is 2. The third kappa shape index (κ3) is 6.34. The number of hydrogen-bond donors (Lipinski definition) is 3. The summed E-state index contributed by atoms with van der Waals surface area (Å²) in [6, 6.07) is 0.0491. The van der Waals surface area contributed by atoms with Crippen molar-refractivity contribution < 1.29 is 9.59 Å². The van der Waals surface area contributed by atoms with Crippen LogP contribution in [0.25, 0.3) is 0 Å². The first-order valence-electron chi connectivity index (χ1n) is 5.38. The Morgan fingerprint density at radius 1 is 1.31 bits per heavy atom. The van der Waals surface area contributed by atoms with E-state index < -0.39 is 11.8 Å². The molecule has 2 amide bonds. The van der Waals surface area contributed by atoms with Crippen LogP contribution in [0, 0.1) is 0 Å². The highest BCUT2D eigenvalue weighted by atomic mass is 32.1. The van der Waals surface area contributed by atoms with E-state index in [0.29, 0.717) is 0 Å². The molecule has 0 aliphatic carbocycles. The predicted octanol–water partition coefficient (Wildman–Crippen LogP) is 0.0836. The normalized spacial score (nSPS) is 11.6. The van der Waals surface area contributed by atoms with E-state index in [1.54, 1.807) is 0 Å². The van der Waals surface area contributed by atoms with Gasteiger partial charge in [-0.05, 0) is 12.8 Å². The van der Waals surface area contributed by atoms with Gasteiger partial charge in [-0.3, -0.25) is 9.59 Å². The van der Waals surface area contributed by atoms with E-state index >= 15 is 0 Å². The summed E-state index contributed by atoms with van der Waals surface area (Å²) >= 11 is 4.58. The predicted molar refractivity (Wildman–Crippen MR) is 66.9 cm³/mol. The number of amides is 2. The maximum Gasteiger partial charge on any atom is 0.309 e. The van der Waals surface area contributed by atoms with E-state index in [4.69, 9.17) is 5.73 Å². The van der Waals surface area contributed by atoms with E-state index in [9.17, 15) is 9.59 Å². The molecule has 0 rings (SSSR count). The van der Waals surface area contributed by atoms with Crippen molar-refractivity contribution in [3.63, 3.8) is 0 Å². The van der Waals surface area contributed by atoms with Gasteiger partial charge in [0.1, 0.15) is 0 Å². The summed E-state index contributed by atoms with van der Waals surface area (Å²) in [5, 5.41) is 4.99. The number of carbonyl (C=O) groups is 2. The largest absolute Gasteiger partial charge is 0.392 e. The Balaban J connectivity index is 4.02. The van der Waals surface area contributed by atoms with E-state index in [-0.39, 0.29) is 17.6 Å². The molecule has 0 aromatic heterocycles. The van der Waals surface area contributed by atoms with Gasteiger partial charge in [0.25, 0.3) is 0 Å². The van der Waals surface area contributed by atoms with Crippen molar-refractivity contribution in [2.24, 2.45) is 5.73 Å². The molecule has 92 valence electrons. The Bertz CT molecular complexity index is 269. The Hall–Kier alpha value is -1.17. The third-order valence-electron chi connectivity index (χ3n) is 2.09. The van der Waals surface area contributed by atoms with Crippen LogP contribution in [0.15, 0.2) is 0 Å².